The first-order valence-electron chi connectivity index (χ1n) is 5.17. The minimum absolute atomic E-state index is 0.590. The molecule has 0 radical (unpaired) electrons. The Morgan fingerprint density at radius 3 is 1.83 bits per heavy atom. The average Bonchev–Trinajstić information content (AvgIpc) is 1.98. The lowest BCUT2D eigenvalue weighted by Gasteiger charge is -2.27. The summed E-state index contributed by atoms with van der Waals surface area (Å²) in [6.07, 6.45) is 2.51. The molecular formula is C11H24S. The second-order valence-electron chi connectivity index (χ2n) is 4.51. The largest absolute Gasteiger partial charge is 0.176 e. The molecule has 0 aliphatic carbocycles. The maximum Gasteiger partial charge on any atom is 0.00450 e. The summed E-state index contributed by atoms with van der Waals surface area (Å²) in [7, 11) is 0. The van der Waals surface area contributed by atoms with Gasteiger partial charge < -0.3 is 0 Å². The van der Waals surface area contributed by atoms with E-state index in [-0.39, 0.29) is 0 Å². The van der Waals surface area contributed by atoms with Gasteiger partial charge in [0.25, 0.3) is 0 Å². The predicted octanol–water partition coefficient (Wildman–Crippen LogP) is 4.01. The zero-order valence-corrected chi connectivity index (χ0v) is 10.1. The Morgan fingerprint density at radius 2 is 1.58 bits per heavy atom. The van der Waals surface area contributed by atoms with Crippen LogP contribution < -0.4 is 0 Å². The molecule has 0 aromatic rings. The summed E-state index contributed by atoms with van der Waals surface area (Å²) in [6.45, 7) is 11.4. The quantitative estimate of drug-likeness (QED) is 0.619. The SMILES string of the molecule is CCC(S)C(CC(C)C)C(C)C. The van der Waals surface area contributed by atoms with Crippen molar-refractivity contribution >= 4 is 12.6 Å². The van der Waals surface area contributed by atoms with Gasteiger partial charge in [0, 0.05) is 5.25 Å². The summed E-state index contributed by atoms with van der Waals surface area (Å²) in [5, 5.41) is 0.590. The van der Waals surface area contributed by atoms with Gasteiger partial charge in [0.2, 0.25) is 0 Å². The van der Waals surface area contributed by atoms with Crippen LogP contribution in [0, 0.1) is 17.8 Å². The van der Waals surface area contributed by atoms with Crippen LogP contribution in [0.5, 0.6) is 0 Å². The second-order valence-corrected chi connectivity index (χ2v) is 5.18. The fraction of sp³-hybridized carbons (Fsp3) is 1.00. The van der Waals surface area contributed by atoms with E-state index in [2.05, 4.69) is 47.2 Å². The van der Waals surface area contributed by atoms with Gasteiger partial charge in [-0.2, -0.15) is 12.6 Å². The maximum atomic E-state index is 4.64. The van der Waals surface area contributed by atoms with Crippen molar-refractivity contribution in [3.63, 3.8) is 0 Å². The molecule has 74 valence electrons. The number of thiol groups is 1. The molecule has 0 nitrogen and oxygen atoms in total. The van der Waals surface area contributed by atoms with Gasteiger partial charge in [-0.25, -0.2) is 0 Å². The molecule has 1 heteroatoms. The first-order valence-corrected chi connectivity index (χ1v) is 5.68. The van der Waals surface area contributed by atoms with Crippen molar-refractivity contribution < 1.29 is 0 Å². The molecular weight excluding hydrogens is 164 g/mol. The van der Waals surface area contributed by atoms with Crippen LogP contribution in [0.1, 0.15) is 47.5 Å². The Hall–Kier alpha value is 0.350. The Kier molecular flexibility index (Phi) is 6.08. The zero-order chi connectivity index (χ0) is 9.72. The molecule has 0 heterocycles. The van der Waals surface area contributed by atoms with Crippen molar-refractivity contribution in [2.24, 2.45) is 17.8 Å². The molecule has 0 bridgehead atoms. The molecule has 2 atom stereocenters. The lowest BCUT2D eigenvalue weighted by Crippen LogP contribution is -2.22. The smallest absolute Gasteiger partial charge is 0.00450 e. The van der Waals surface area contributed by atoms with E-state index in [1.165, 1.54) is 12.8 Å². The fourth-order valence-corrected chi connectivity index (χ4v) is 2.19. The summed E-state index contributed by atoms with van der Waals surface area (Å²) in [4.78, 5) is 0. The molecule has 0 saturated heterocycles. The molecule has 0 fully saturated rings. The predicted molar refractivity (Wildman–Crippen MR) is 60.8 cm³/mol. The Bertz CT molecular complexity index is 108. The van der Waals surface area contributed by atoms with Gasteiger partial charge >= 0.3 is 0 Å². The minimum atomic E-state index is 0.590. The van der Waals surface area contributed by atoms with Gasteiger partial charge in [-0.15, -0.1) is 0 Å². The number of rotatable bonds is 5. The van der Waals surface area contributed by atoms with Crippen molar-refractivity contribution in [3.05, 3.63) is 0 Å². The molecule has 12 heavy (non-hydrogen) atoms. The minimum Gasteiger partial charge on any atom is -0.176 e. The molecule has 0 aliphatic rings. The number of hydrogen-bond acceptors (Lipinski definition) is 1. The molecule has 0 rings (SSSR count). The topological polar surface area (TPSA) is 0 Å². The van der Waals surface area contributed by atoms with Crippen LogP contribution in [0.4, 0.5) is 0 Å². The van der Waals surface area contributed by atoms with Gasteiger partial charge in [-0.05, 0) is 30.6 Å². The van der Waals surface area contributed by atoms with E-state index in [1.807, 2.05) is 0 Å². The van der Waals surface area contributed by atoms with E-state index >= 15 is 0 Å². The van der Waals surface area contributed by atoms with E-state index in [1.54, 1.807) is 0 Å². The van der Waals surface area contributed by atoms with E-state index < -0.39 is 0 Å². The molecule has 0 N–H and O–H groups in total. The summed E-state index contributed by atoms with van der Waals surface area (Å²) in [6, 6.07) is 0. The highest BCUT2D eigenvalue weighted by atomic mass is 32.1. The lowest BCUT2D eigenvalue weighted by atomic mass is 9.84. The summed E-state index contributed by atoms with van der Waals surface area (Å²) in [5.74, 6) is 2.37. The molecule has 2 unspecified atom stereocenters. The van der Waals surface area contributed by atoms with E-state index in [9.17, 15) is 0 Å². The highest BCUT2D eigenvalue weighted by Gasteiger charge is 2.20. The van der Waals surface area contributed by atoms with Crippen molar-refractivity contribution in [2.45, 2.75) is 52.7 Å². The maximum absolute atomic E-state index is 4.64. The second kappa shape index (κ2) is 5.90. The van der Waals surface area contributed by atoms with Crippen LogP contribution in [0.15, 0.2) is 0 Å². The fourth-order valence-electron chi connectivity index (χ4n) is 1.72. The monoisotopic (exact) mass is 188 g/mol. The van der Waals surface area contributed by atoms with Gasteiger partial charge in [0.05, 0.1) is 0 Å². The Morgan fingerprint density at radius 1 is 1.08 bits per heavy atom. The third-order valence-corrected chi connectivity index (χ3v) is 3.26. The molecule has 0 aromatic carbocycles. The zero-order valence-electron chi connectivity index (χ0n) is 9.17. The van der Waals surface area contributed by atoms with Crippen LogP contribution in [0.25, 0.3) is 0 Å². The van der Waals surface area contributed by atoms with Crippen molar-refractivity contribution in [2.75, 3.05) is 0 Å². The van der Waals surface area contributed by atoms with Crippen LogP contribution in [0.2, 0.25) is 0 Å². The summed E-state index contributed by atoms with van der Waals surface area (Å²) < 4.78 is 0. The standard InChI is InChI=1S/C11H24S/c1-6-11(12)10(9(4)5)7-8(2)3/h8-12H,6-7H2,1-5H3. The Balaban J connectivity index is 4.03. The first-order chi connectivity index (χ1) is 5.49. The van der Waals surface area contributed by atoms with E-state index in [0.717, 1.165) is 17.8 Å². The van der Waals surface area contributed by atoms with Gasteiger partial charge in [-0.3, -0.25) is 0 Å². The normalized spacial score (nSPS) is 17.0. The third-order valence-electron chi connectivity index (χ3n) is 2.51. The average molecular weight is 188 g/mol. The summed E-state index contributed by atoms with van der Waals surface area (Å²) >= 11 is 4.64. The molecule has 0 saturated carbocycles. The van der Waals surface area contributed by atoms with Crippen LogP contribution >= 0.6 is 12.6 Å². The molecule has 0 amide bonds. The Labute approximate surface area is 83.5 Å². The van der Waals surface area contributed by atoms with E-state index in [0.29, 0.717) is 5.25 Å². The van der Waals surface area contributed by atoms with Gasteiger partial charge in [0.15, 0.2) is 0 Å². The lowest BCUT2D eigenvalue weighted by molar-refractivity contribution is 0.306. The molecule has 0 aromatic heterocycles. The highest BCUT2D eigenvalue weighted by molar-refractivity contribution is 7.81. The van der Waals surface area contributed by atoms with Crippen LogP contribution in [-0.2, 0) is 0 Å². The van der Waals surface area contributed by atoms with Crippen molar-refractivity contribution in [3.8, 4) is 0 Å². The van der Waals surface area contributed by atoms with Crippen LogP contribution in [0.3, 0.4) is 0 Å². The summed E-state index contributed by atoms with van der Waals surface area (Å²) in [5.41, 5.74) is 0. The highest BCUT2D eigenvalue weighted by Crippen LogP contribution is 2.28. The first kappa shape index (κ1) is 12.3. The van der Waals surface area contributed by atoms with Gasteiger partial charge in [-0.1, -0.05) is 34.6 Å². The van der Waals surface area contributed by atoms with Crippen LogP contribution in [-0.4, -0.2) is 5.25 Å². The van der Waals surface area contributed by atoms with Gasteiger partial charge in [0.1, 0.15) is 0 Å². The molecule has 0 aliphatic heterocycles. The van der Waals surface area contributed by atoms with E-state index in [4.69, 9.17) is 0 Å². The number of hydrogen-bond donors (Lipinski definition) is 1. The third kappa shape index (κ3) is 4.39. The van der Waals surface area contributed by atoms with Crippen molar-refractivity contribution in [1.82, 2.24) is 0 Å². The molecule has 0 spiro atoms. The van der Waals surface area contributed by atoms with Crippen molar-refractivity contribution in [1.29, 1.82) is 0 Å².